The molecule has 4 heteroatoms. The van der Waals surface area contributed by atoms with Crippen LogP contribution < -0.4 is 4.74 Å². The van der Waals surface area contributed by atoms with Crippen molar-refractivity contribution < 1.29 is 14.2 Å². The Labute approximate surface area is 122 Å². The molecule has 0 aliphatic carbocycles. The lowest BCUT2D eigenvalue weighted by atomic mass is 10.1. The highest BCUT2D eigenvalue weighted by Crippen LogP contribution is 2.22. The molecule has 0 saturated carbocycles. The van der Waals surface area contributed by atoms with Gasteiger partial charge in [-0.1, -0.05) is 18.2 Å². The average Bonchev–Trinajstić information content (AvgIpc) is 2.90. The van der Waals surface area contributed by atoms with Gasteiger partial charge in [-0.2, -0.15) is 0 Å². The Morgan fingerprint density at radius 2 is 1.90 bits per heavy atom. The van der Waals surface area contributed by atoms with Crippen LogP contribution in [-0.4, -0.2) is 16.8 Å². The average molecular weight is 285 g/mol. The summed E-state index contributed by atoms with van der Waals surface area (Å²) < 4.78 is 20.7. The SMILES string of the molecule is COc1ccc(Cn2ccc3ccc(CO)cc32)cc1F. The maximum absolute atomic E-state index is 13.7. The van der Waals surface area contributed by atoms with Crippen LogP contribution in [-0.2, 0) is 13.2 Å². The van der Waals surface area contributed by atoms with Crippen molar-refractivity contribution in [3.63, 3.8) is 0 Å². The number of nitrogens with zero attached hydrogens (tertiary/aromatic N) is 1. The zero-order valence-corrected chi connectivity index (χ0v) is 11.7. The lowest BCUT2D eigenvalue weighted by molar-refractivity contribution is 0.282. The molecular formula is C17H16FNO2. The van der Waals surface area contributed by atoms with Crippen LogP contribution in [0.3, 0.4) is 0 Å². The molecule has 21 heavy (non-hydrogen) atoms. The molecule has 0 fully saturated rings. The zero-order chi connectivity index (χ0) is 14.8. The maximum atomic E-state index is 13.7. The molecule has 0 unspecified atom stereocenters. The van der Waals surface area contributed by atoms with E-state index in [2.05, 4.69) is 0 Å². The summed E-state index contributed by atoms with van der Waals surface area (Å²) in [6, 6.07) is 12.8. The van der Waals surface area contributed by atoms with Crippen molar-refractivity contribution in [2.24, 2.45) is 0 Å². The highest BCUT2D eigenvalue weighted by molar-refractivity contribution is 5.80. The summed E-state index contributed by atoms with van der Waals surface area (Å²) >= 11 is 0. The summed E-state index contributed by atoms with van der Waals surface area (Å²) in [7, 11) is 1.45. The van der Waals surface area contributed by atoms with Gasteiger partial charge in [0, 0.05) is 18.3 Å². The number of methoxy groups -OCH3 is 1. The van der Waals surface area contributed by atoms with Crippen molar-refractivity contribution in [1.29, 1.82) is 0 Å². The van der Waals surface area contributed by atoms with Gasteiger partial charge in [-0.25, -0.2) is 4.39 Å². The van der Waals surface area contributed by atoms with Crippen LogP contribution >= 0.6 is 0 Å². The van der Waals surface area contributed by atoms with Crippen molar-refractivity contribution >= 4 is 10.9 Å². The first-order chi connectivity index (χ1) is 10.2. The van der Waals surface area contributed by atoms with Crippen LogP contribution in [0.4, 0.5) is 4.39 Å². The van der Waals surface area contributed by atoms with E-state index in [1.165, 1.54) is 13.2 Å². The van der Waals surface area contributed by atoms with E-state index in [0.717, 1.165) is 22.0 Å². The van der Waals surface area contributed by atoms with Gasteiger partial charge in [0.05, 0.1) is 13.7 Å². The maximum Gasteiger partial charge on any atom is 0.165 e. The molecule has 0 aliphatic heterocycles. The lowest BCUT2D eigenvalue weighted by Crippen LogP contribution is -1.99. The standard InChI is InChI=1S/C17H16FNO2/c1-21-17-5-3-12(8-15(17)18)10-19-7-6-14-4-2-13(11-20)9-16(14)19/h2-9,20H,10-11H2,1H3. The normalized spacial score (nSPS) is 11.0. The molecule has 3 rings (SSSR count). The predicted molar refractivity (Wildman–Crippen MR) is 79.9 cm³/mol. The van der Waals surface area contributed by atoms with Crippen LogP contribution in [0, 0.1) is 5.82 Å². The van der Waals surface area contributed by atoms with Crippen molar-refractivity contribution in [3.8, 4) is 5.75 Å². The minimum atomic E-state index is -0.359. The van der Waals surface area contributed by atoms with E-state index in [9.17, 15) is 9.50 Å². The van der Waals surface area contributed by atoms with Crippen LogP contribution in [0.25, 0.3) is 10.9 Å². The van der Waals surface area contributed by atoms with Gasteiger partial charge < -0.3 is 14.4 Å². The minimum absolute atomic E-state index is 0.0122. The molecule has 108 valence electrons. The second kappa shape index (κ2) is 5.58. The number of rotatable bonds is 4. The number of aromatic nitrogens is 1. The van der Waals surface area contributed by atoms with Crippen LogP contribution in [0.15, 0.2) is 48.7 Å². The molecule has 3 aromatic rings. The Bertz CT molecular complexity index is 780. The summed E-state index contributed by atoms with van der Waals surface area (Å²) in [5.41, 5.74) is 2.75. The first-order valence-corrected chi connectivity index (χ1v) is 6.72. The first-order valence-electron chi connectivity index (χ1n) is 6.72. The second-order valence-corrected chi connectivity index (χ2v) is 4.96. The Hall–Kier alpha value is -2.33. The number of hydrogen-bond donors (Lipinski definition) is 1. The molecule has 0 radical (unpaired) electrons. The van der Waals surface area contributed by atoms with Gasteiger partial charge in [-0.3, -0.25) is 0 Å². The number of hydrogen-bond acceptors (Lipinski definition) is 2. The van der Waals surface area contributed by atoms with Crippen LogP contribution in [0.1, 0.15) is 11.1 Å². The van der Waals surface area contributed by atoms with E-state index in [0.29, 0.717) is 6.54 Å². The second-order valence-electron chi connectivity index (χ2n) is 4.96. The van der Waals surface area contributed by atoms with Crippen molar-refractivity contribution in [2.45, 2.75) is 13.2 Å². The van der Waals surface area contributed by atoms with E-state index in [1.54, 1.807) is 6.07 Å². The van der Waals surface area contributed by atoms with Crippen molar-refractivity contribution in [2.75, 3.05) is 7.11 Å². The smallest absolute Gasteiger partial charge is 0.165 e. The zero-order valence-electron chi connectivity index (χ0n) is 11.7. The number of halogens is 1. The van der Waals surface area contributed by atoms with E-state index in [4.69, 9.17) is 4.74 Å². The lowest BCUT2D eigenvalue weighted by Gasteiger charge is -2.08. The van der Waals surface area contributed by atoms with E-state index >= 15 is 0 Å². The third-order valence-electron chi connectivity index (χ3n) is 3.59. The van der Waals surface area contributed by atoms with Crippen molar-refractivity contribution in [1.82, 2.24) is 4.57 Å². The fourth-order valence-electron chi connectivity index (χ4n) is 2.47. The molecule has 0 aliphatic rings. The highest BCUT2D eigenvalue weighted by atomic mass is 19.1. The van der Waals surface area contributed by atoms with Gasteiger partial charge >= 0.3 is 0 Å². The molecule has 1 heterocycles. The van der Waals surface area contributed by atoms with E-state index < -0.39 is 0 Å². The number of ether oxygens (including phenoxy) is 1. The van der Waals surface area contributed by atoms with Gasteiger partial charge in [-0.15, -0.1) is 0 Å². The summed E-state index contributed by atoms with van der Waals surface area (Å²) in [6.45, 7) is 0.581. The topological polar surface area (TPSA) is 34.4 Å². The predicted octanol–water partition coefficient (Wildman–Crippen LogP) is 3.33. The quantitative estimate of drug-likeness (QED) is 0.798. The Morgan fingerprint density at radius 3 is 2.62 bits per heavy atom. The molecule has 2 aromatic carbocycles. The molecule has 0 bridgehead atoms. The molecule has 3 nitrogen and oxygen atoms in total. The third kappa shape index (κ3) is 2.62. The summed E-state index contributed by atoms with van der Waals surface area (Å²) in [5.74, 6) is -0.110. The van der Waals surface area contributed by atoms with E-state index in [-0.39, 0.29) is 18.2 Å². The third-order valence-corrected chi connectivity index (χ3v) is 3.59. The van der Waals surface area contributed by atoms with Gasteiger partial charge in [0.15, 0.2) is 11.6 Å². The Morgan fingerprint density at radius 1 is 1.10 bits per heavy atom. The molecule has 0 spiro atoms. The van der Waals surface area contributed by atoms with Crippen LogP contribution in [0.5, 0.6) is 5.75 Å². The number of benzene rings is 2. The Balaban J connectivity index is 1.96. The van der Waals surface area contributed by atoms with Gasteiger partial charge in [0.2, 0.25) is 0 Å². The summed E-state index contributed by atoms with van der Waals surface area (Å²) in [6.07, 6.45) is 1.97. The van der Waals surface area contributed by atoms with Gasteiger partial charge in [0.1, 0.15) is 0 Å². The van der Waals surface area contributed by atoms with Crippen LogP contribution in [0.2, 0.25) is 0 Å². The highest BCUT2D eigenvalue weighted by Gasteiger charge is 2.06. The van der Waals surface area contributed by atoms with Gasteiger partial charge in [-0.05, 0) is 40.8 Å². The fourth-order valence-corrected chi connectivity index (χ4v) is 2.47. The van der Waals surface area contributed by atoms with Gasteiger partial charge in [0.25, 0.3) is 0 Å². The number of aliphatic hydroxyl groups excluding tert-OH is 1. The number of fused-ring (bicyclic) bond motifs is 1. The largest absolute Gasteiger partial charge is 0.494 e. The van der Waals surface area contributed by atoms with Crippen molar-refractivity contribution in [3.05, 3.63) is 65.6 Å². The number of aliphatic hydroxyl groups is 1. The van der Waals surface area contributed by atoms with E-state index in [1.807, 2.05) is 41.1 Å². The molecule has 0 saturated heterocycles. The Kier molecular flexibility index (Phi) is 3.62. The minimum Gasteiger partial charge on any atom is -0.494 e. The molecule has 1 N–H and O–H groups in total. The summed E-state index contributed by atoms with van der Waals surface area (Å²) in [5, 5.41) is 10.3. The first kappa shape index (κ1) is 13.6. The monoisotopic (exact) mass is 285 g/mol. The molecule has 1 aromatic heterocycles. The molecular weight excluding hydrogens is 269 g/mol. The molecule has 0 atom stereocenters. The molecule has 0 amide bonds. The fraction of sp³-hybridized carbons (Fsp3) is 0.176. The summed E-state index contributed by atoms with van der Waals surface area (Å²) in [4.78, 5) is 0.